The summed E-state index contributed by atoms with van der Waals surface area (Å²) in [7, 11) is 3.30. The average molecular weight is 470 g/mol. The Morgan fingerprint density at radius 1 is 1.06 bits per heavy atom. The monoisotopic (exact) mass is 469 g/mol. The van der Waals surface area contributed by atoms with Crippen LogP contribution >= 0.6 is 11.6 Å². The SMILES string of the molecule is COCCc1ccc(OCCN(C(=O)c2ccccc2)C(=O)c2c(Cl)c(C)nn2C)c(C)c1. The Hall–Kier alpha value is -3.16. The Kier molecular flexibility index (Phi) is 8.25. The lowest BCUT2D eigenvalue weighted by atomic mass is 10.1. The Morgan fingerprint density at radius 2 is 1.79 bits per heavy atom. The molecule has 0 fully saturated rings. The average Bonchev–Trinajstić information content (AvgIpc) is 3.07. The highest BCUT2D eigenvalue weighted by atomic mass is 35.5. The number of halogens is 1. The zero-order valence-corrected chi connectivity index (χ0v) is 20.1. The first-order chi connectivity index (χ1) is 15.8. The number of aryl methyl sites for hydroxylation is 3. The zero-order chi connectivity index (χ0) is 24.0. The summed E-state index contributed by atoms with van der Waals surface area (Å²) in [6, 6.07) is 14.6. The first-order valence-electron chi connectivity index (χ1n) is 10.6. The summed E-state index contributed by atoms with van der Waals surface area (Å²) in [5.74, 6) is -0.247. The number of hydrogen-bond donors (Lipinski definition) is 0. The third-order valence-corrected chi connectivity index (χ3v) is 5.72. The minimum absolute atomic E-state index is 0.0536. The highest BCUT2D eigenvalue weighted by molar-refractivity contribution is 6.34. The van der Waals surface area contributed by atoms with Gasteiger partial charge in [-0.25, -0.2) is 0 Å². The van der Waals surface area contributed by atoms with Crippen LogP contribution in [0.1, 0.15) is 37.7 Å². The molecule has 7 nitrogen and oxygen atoms in total. The molecule has 174 valence electrons. The Morgan fingerprint density at radius 3 is 2.39 bits per heavy atom. The van der Waals surface area contributed by atoms with Gasteiger partial charge in [-0.05, 0) is 49.6 Å². The normalized spacial score (nSPS) is 10.8. The van der Waals surface area contributed by atoms with Gasteiger partial charge in [-0.2, -0.15) is 5.10 Å². The minimum atomic E-state index is -0.521. The molecule has 1 heterocycles. The van der Waals surface area contributed by atoms with Crippen molar-refractivity contribution < 1.29 is 19.1 Å². The molecule has 0 bridgehead atoms. The van der Waals surface area contributed by atoms with Gasteiger partial charge in [0.25, 0.3) is 11.8 Å². The van der Waals surface area contributed by atoms with Crippen LogP contribution in [0.4, 0.5) is 0 Å². The second-order valence-corrected chi connectivity index (χ2v) is 8.07. The number of nitrogens with zero attached hydrogens (tertiary/aromatic N) is 3. The molecule has 8 heteroatoms. The molecule has 0 spiro atoms. The number of methoxy groups -OCH3 is 1. The highest BCUT2D eigenvalue weighted by Gasteiger charge is 2.29. The van der Waals surface area contributed by atoms with Gasteiger partial charge in [0.2, 0.25) is 0 Å². The van der Waals surface area contributed by atoms with Crippen LogP contribution < -0.4 is 4.74 Å². The van der Waals surface area contributed by atoms with Gasteiger partial charge in [0.1, 0.15) is 18.1 Å². The van der Waals surface area contributed by atoms with Gasteiger partial charge < -0.3 is 9.47 Å². The highest BCUT2D eigenvalue weighted by Crippen LogP contribution is 2.23. The van der Waals surface area contributed by atoms with E-state index >= 15 is 0 Å². The number of carbonyl (C=O) groups excluding carboxylic acids is 2. The Bertz CT molecular complexity index is 1130. The predicted molar refractivity (Wildman–Crippen MR) is 127 cm³/mol. The Labute approximate surface area is 198 Å². The molecule has 0 aliphatic carbocycles. The molecule has 0 radical (unpaired) electrons. The topological polar surface area (TPSA) is 73.7 Å². The van der Waals surface area contributed by atoms with E-state index in [4.69, 9.17) is 21.1 Å². The van der Waals surface area contributed by atoms with E-state index in [1.807, 2.05) is 31.2 Å². The molecular formula is C25H28ClN3O4. The van der Waals surface area contributed by atoms with Gasteiger partial charge in [0, 0.05) is 19.7 Å². The Balaban J connectivity index is 1.79. The molecule has 0 aliphatic heterocycles. The lowest BCUT2D eigenvalue weighted by Gasteiger charge is -2.22. The number of aromatic nitrogens is 2. The predicted octanol–water partition coefficient (Wildman–Crippen LogP) is 4.24. The van der Waals surface area contributed by atoms with Crippen molar-refractivity contribution >= 4 is 23.4 Å². The maximum Gasteiger partial charge on any atom is 0.280 e. The number of ether oxygens (including phenoxy) is 2. The smallest absolute Gasteiger partial charge is 0.280 e. The first kappa shape index (κ1) is 24.5. The molecule has 0 unspecified atom stereocenters. The standard InChI is InChI=1S/C25H28ClN3O4/c1-17-16-19(12-14-32-4)10-11-21(17)33-15-13-29(24(30)20-8-6-5-7-9-20)25(31)23-22(26)18(2)27-28(23)3/h5-11,16H,12-15H2,1-4H3. The molecule has 0 saturated carbocycles. The van der Waals surface area contributed by atoms with E-state index in [2.05, 4.69) is 5.10 Å². The second-order valence-electron chi connectivity index (χ2n) is 7.69. The van der Waals surface area contributed by atoms with Crippen LogP contribution in [0, 0.1) is 13.8 Å². The second kappa shape index (κ2) is 11.1. The van der Waals surface area contributed by atoms with E-state index < -0.39 is 11.8 Å². The van der Waals surface area contributed by atoms with Crippen molar-refractivity contribution in [2.75, 3.05) is 26.9 Å². The van der Waals surface area contributed by atoms with Crippen LogP contribution in [0.5, 0.6) is 5.75 Å². The summed E-state index contributed by atoms with van der Waals surface area (Å²) in [6.07, 6.45) is 0.816. The number of rotatable bonds is 9. The lowest BCUT2D eigenvalue weighted by molar-refractivity contribution is 0.0586. The number of imide groups is 1. The fraction of sp³-hybridized carbons (Fsp3) is 0.320. The molecule has 3 rings (SSSR count). The van der Waals surface area contributed by atoms with Gasteiger partial charge in [0.05, 0.1) is 23.9 Å². The molecular weight excluding hydrogens is 442 g/mol. The van der Waals surface area contributed by atoms with E-state index in [0.29, 0.717) is 23.6 Å². The molecule has 2 aromatic carbocycles. The van der Waals surface area contributed by atoms with E-state index in [-0.39, 0.29) is 23.9 Å². The molecule has 0 N–H and O–H groups in total. The van der Waals surface area contributed by atoms with Crippen LogP contribution in [0.25, 0.3) is 0 Å². The summed E-state index contributed by atoms with van der Waals surface area (Å²) in [5.41, 5.74) is 3.21. The van der Waals surface area contributed by atoms with Crippen molar-refractivity contribution in [3.8, 4) is 5.75 Å². The maximum atomic E-state index is 13.4. The molecule has 33 heavy (non-hydrogen) atoms. The summed E-state index contributed by atoms with van der Waals surface area (Å²) in [5, 5.41) is 4.43. The summed E-state index contributed by atoms with van der Waals surface area (Å²) in [4.78, 5) is 27.7. The van der Waals surface area contributed by atoms with Crippen LogP contribution in [0.3, 0.4) is 0 Å². The van der Waals surface area contributed by atoms with Crippen molar-refractivity contribution in [3.63, 3.8) is 0 Å². The third-order valence-electron chi connectivity index (χ3n) is 5.27. The number of carbonyl (C=O) groups is 2. The summed E-state index contributed by atoms with van der Waals surface area (Å²) >= 11 is 6.32. The van der Waals surface area contributed by atoms with Gasteiger partial charge in [-0.3, -0.25) is 19.2 Å². The summed E-state index contributed by atoms with van der Waals surface area (Å²) in [6.45, 7) is 4.51. The fourth-order valence-electron chi connectivity index (χ4n) is 3.52. The van der Waals surface area contributed by atoms with Crippen LogP contribution in [0.2, 0.25) is 5.02 Å². The van der Waals surface area contributed by atoms with Crippen molar-refractivity contribution in [1.29, 1.82) is 0 Å². The van der Waals surface area contributed by atoms with Crippen LogP contribution in [-0.2, 0) is 18.2 Å². The van der Waals surface area contributed by atoms with E-state index in [9.17, 15) is 9.59 Å². The van der Waals surface area contributed by atoms with E-state index in [0.717, 1.165) is 22.4 Å². The van der Waals surface area contributed by atoms with E-state index in [1.54, 1.807) is 45.3 Å². The van der Waals surface area contributed by atoms with Gasteiger partial charge in [0.15, 0.2) is 0 Å². The molecule has 1 aromatic heterocycles. The van der Waals surface area contributed by atoms with Crippen molar-refractivity contribution in [1.82, 2.24) is 14.7 Å². The van der Waals surface area contributed by atoms with Gasteiger partial charge in [-0.1, -0.05) is 41.9 Å². The van der Waals surface area contributed by atoms with Gasteiger partial charge >= 0.3 is 0 Å². The van der Waals surface area contributed by atoms with Gasteiger partial charge in [-0.15, -0.1) is 0 Å². The number of hydrogen-bond acceptors (Lipinski definition) is 5. The third kappa shape index (κ3) is 5.80. The molecule has 0 saturated heterocycles. The molecule has 2 amide bonds. The summed E-state index contributed by atoms with van der Waals surface area (Å²) < 4.78 is 12.5. The first-order valence-corrected chi connectivity index (χ1v) is 11.0. The zero-order valence-electron chi connectivity index (χ0n) is 19.3. The largest absolute Gasteiger partial charge is 0.491 e. The maximum absolute atomic E-state index is 13.4. The molecule has 3 aromatic rings. The quantitative estimate of drug-likeness (QED) is 0.438. The van der Waals surface area contributed by atoms with E-state index in [1.165, 1.54) is 4.68 Å². The molecule has 0 aliphatic rings. The molecule has 0 atom stereocenters. The fourth-order valence-corrected chi connectivity index (χ4v) is 3.76. The minimum Gasteiger partial charge on any atom is -0.491 e. The van der Waals surface area contributed by atoms with Crippen molar-refractivity contribution in [3.05, 3.63) is 81.6 Å². The van der Waals surface area contributed by atoms with Crippen molar-refractivity contribution in [2.45, 2.75) is 20.3 Å². The van der Waals surface area contributed by atoms with Crippen LogP contribution in [-0.4, -0.2) is 53.4 Å². The van der Waals surface area contributed by atoms with Crippen molar-refractivity contribution in [2.24, 2.45) is 7.05 Å². The lowest BCUT2D eigenvalue weighted by Crippen LogP contribution is -2.40. The number of amides is 2. The van der Waals surface area contributed by atoms with Crippen LogP contribution in [0.15, 0.2) is 48.5 Å². The number of benzene rings is 2.